The number of sulfonamides is 1. The lowest BCUT2D eigenvalue weighted by atomic mass is 10.1. The number of nitrogens with one attached hydrogen (secondary N) is 1. The Bertz CT molecular complexity index is 1320. The van der Waals surface area contributed by atoms with Gasteiger partial charge in [-0.3, -0.25) is 14.2 Å². The number of benzene rings is 1. The first kappa shape index (κ1) is 23.9. The van der Waals surface area contributed by atoms with Gasteiger partial charge in [0.05, 0.1) is 41.3 Å². The van der Waals surface area contributed by atoms with E-state index in [0.717, 1.165) is 27.9 Å². The van der Waals surface area contributed by atoms with Crippen LogP contribution in [0.25, 0.3) is 10.9 Å². The van der Waals surface area contributed by atoms with E-state index < -0.39 is 10.0 Å². The fourth-order valence-corrected chi connectivity index (χ4v) is 8.12. The van der Waals surface area contributed by atoms with Crippen LogP contribution < -0.4 is 4.31 Å². The van der Waals surface area contributed by atoms with Gasteiger partial charge < -0.3 is 14.5 Å². The Hall–Kier alpha value is -1.83. The second-order valence-electron chi connectivity index (χ2n) is 8.08. The summed E-state index contributed by atoms with van der Waals surface area (Å²) < 4.78 is 33.2. The number of aldehydes is 1. The number of aromatic nitrogens is 1. The van der Waals surface area contributed by atoms with Gasteiger partial charge in [-0.15, -0.1) is 24.0 Å². The number of fused-ring (bicyclic) bond motifs is 1. The number of hydrogen-bond donors (Lipinski definition) is 2. The van der Waals surface area contributed by atoms with E-state index in [2.05, 4.69) is 22.5 Å². The van der Waals surface area contributed by atoms with Crippen molar-refractivity contribution >= 4 is 73.7 Å². The highest BCUT2D eigenvalue weighted by molar-refractivity contribution is 8.15. The summed E-state index contributed by atoms with van der Waals surface area (Å²) in [5, 5.41) is 3.46. The van der Waals surface area contributed by atoms with Gasteiger partial charge in [0.2, 0.25) is 0 Å². The van der Waals surface area contributed by atoms with Crippen LogP contribution in [0.3, 0.4) is 0 Å². The fourth-order valence-electron chi connectivity index (χ4n) is 4.24. The molecule has 0 amide bonds. The lowest BCUT2D eigenvalue weighted by molar-refractivity contribution is -0.114. The van der Waals surface area contributed by atoms with Gasteiger partial charge in [-0.25, -0.2) is 8.42 Å². The predicted molar refractivity (Wildman–Crippen MR) is 141 cm³/mol. The Balaban J connectivity index is 1.39. The maximum Gasteiger partial charge on any atom is 0.273 e. The number of H-pyrrole nitrogens is 1. The number of hydrogen-bond acceptors (Lipinski definition) is 9. The number of aliphatic imine (C=N–C) groups is 1. The molecule has 0 saturated carbocycles. The summed E-state index contributed by atoms with van der Waals surface area (Å²) in [5.41, 5.74) is 1.91. The van der Waals surface area contributed by atoms with Gasteiger partial charge in [-0.2, -0.15) is 0 Å². The van der Waals surface area contributed by atoms with E-state index >= 15 is 0 Å². The molecule has 3 unspecified atom stereocenters. The molecule has 8 nitrogen and oxygen atoms in total. The van der Waals surface area contributed by atoms with Crippen LogP contribution in [0, 0.1) is 0 Å². The standard InChI is InChI=1S/C22H24N4O4S4/c1-25(34(28,29)20-6-3-9-32-20)16-5-2-4-14-10-15(24-21(14)16)22-23-11-18(33-22)17(13-27)26-7-8-30-19(31)12-26/h2-6,9-10,13,17-19,24,31H,7-8,11-12H2,1H3. The Kier molecular flexibility index (Phi) is 6.79. The van der Waals surface area contributed by atoms with Crippen molar-refractivity contribution < 1.29 is 17.9 Å². The van der Waals surface area contributed by atoms with Crippen molar-refractivity contribution in [1.82, 2.24) is 9.88 Å². The van der Waals surface area contributed by atoms with E-state index in [4.69, 9.17) is 9.73 Å². The molecule has 1 fully saturated rings. The molecule has 0 aliphatic carbocycles. The first-order valence-corrected chi connectivity index (χ1v) is 14.4. The van der Waals surface area contributed by atoms with Crippen molar-refractivity contribution in [1.29, 1.82) is 0 Å². The molecule has 12 heteroatoms. The zero-order valence-electron chi connectivity index (χ0n) is 18.3. The molecule has 3 atom stereocenters. The number of carbonyl (C=O) groups is 1. The zero-order chi connectivity index (χ0) is 23.9. The van der Waals surface area contributed by atoms with Crippen molar-refractivity contribution in [2.75, 3.05) is 37.6 Å². The molecule has 2 aromatic heterocycles. The number of para-hydroxylation sites is 1. The average Bonchev–Trinajstić information content (AvgIpc) is 3.59. The van der Waals surface area contributed by atoms with E-state index in [1.54, 1.807) is 42.4 Å². The largest absolute Gasteiger partial charge is 0.365 e. The number of aromatic amines is 1. The third kappa shape index (κ3) is 4.42. The lowest BCUT2D eigenvalue weighted by Gasteiger charge is -2.36. The lowest BCUT2D eigenvalue weighted by Crippen LogP contribution is -2.51. The van der Waals surface area contributed by atoms with Crippen LogP contribution in [0.5, 0.6) is 0 Å². The number of carbonyl (C=O) groups excluding carboxylic acids is 1. The van der Waals surface area contributed by atoms with E-state index in [9.17, 15) is 13.2 Å². The minimum absolute atomic E-state index is 0.00102. The Morgan fingerprint density at radius 1 is 1.35 bits per heavy atom. The number of thiophene rings is 1. The molecule has 5 rings (SSSR count). The second kappa shape index (κ2) is 9.67. The van der Waals surface area contributed by atoms with Gasteiger partial charge in [0.1, 0.15) is 21.0 Å². The zero-order valence-corrected chi connectivity index (χ0v) is 21.7. The van der Waals surface area contributed by atoms with Crippen LogP contribution in [0.2, 0.25) is 0 Å². The molecular formula is C22H24N4O4S4. The van der Waals surface area contributed by atoms with Crippen LogP contribution in [0.4, 0.5) is 5.69 Å². The number of thiol groups is 1. The highest BCUT2D eigenvalue weighted by Crippen LogP contribution is 2.35. The molecule has 180 valence electrons. The van der Waals surface area contributed by atoms with Gasteiger partial charge in [-0.05, 0) is 23.6 Å². The molecule has 1 saturated heterocycles. The summed E-state index contributed by atoms with van der Waals surface area (Å²) in [4.78, 5) is 22.2. The Morgan fingerprint density at radius 3 is 2.94 bits per heavy atom. The number of thioether (sulfide) groups is 1. The highest BCUT2D eigenvalue weighted by atomic mass is 32.2. The summed E-state index contributed by atoms with van der Waals surface area (Å²) in [6, 6.07) is 10.6. The summed E-state index contributed by atoms with van der Waals surface area (Å²) in [6.45, 7) is 2.37. The van der Waals surface area contributed by atoms with Gasteiger partial charge in [0.25, 0.3) is 10.0 Å². The maximum absolute atomic E-state index is 13.1. The van der Waals surface area contributed by atoms with Crippen LogP contribution in [-0.4, -0.2) is 79.6 Å². The first-order valence-electron chi connectivity index (χ1n) is 10.7. The third-order valence-corrected chi connectivity index (χ3v) is 10.8. The van der Waals surface area contributed by atoms with Crippen LogP contribution in [-0.2, 0) is 19.6 Å². The number of anilines is 1. The first-order chi connectivity index (χ1) is 16.4. The van der Waals surface area contributed by atoms with E-state index in [1.165, 1.54) is 15.6 Å². The minimum atomic E-state index is -3.65. The van der Waals surface area contributed by atoms with Crippen molar-refractivity contribution in [2.24, 2.45) is 4.99 Å². The number of rotatable bonds is 7. The molecule has 2 aliphatic heterocycles. The smallest absolute Gasteiger partial charge is 0.273 e. The second-order valence-corrected chi connectivity index (χ2v) is 13.0. The molecule has 34 heavy (non-hydrogen) atoms. The molecule has 1 N–H and O–H groups in total. The summed E-state index contributed by atoms with van der Waals surface area (Å²) in [7, 11) is -2.09. The van der Waals surface area contributed by atoms with Crippen molar-refractivity contribution in [3.63, 3.8) is 0 Å². The predicted octanol–water partition coefficient (Wildman–Crippen LogP) is 3.07. The third-order valence-electron chi connectivity index (χ3n) is 6.01. The molecule has 1 aromatic carbocycles. The van der Waals surface area contributed by atoms with E-state index in [1.807, 2.05) is 18.2 Å². The monoisotopic (exact) mass is 536 g/mol. The molecule has 4 heterocycles. The molecule has 0 bridgehead atoms. The van der Waals surface area contributed by atoms with Crippen LogP contribution >= 0.6 is 35.7 Å². The SMILES string of the molecule is CN(c1cccc2cc(C3=NCC(C(C=O)N4CCOC(S)C4)S3)[nH]c12)S(=O)(=O)c1cccs1. The van der Waals surface area contributed by atoms with Crippen LogP contribution in [0.15, 0.2) is 51.0 Å². The normalized spacial score (nSPS) is 22.6. The number of morpholine rings is 1. The highest BCUT2D eigenvalue weighted by Gasteiger charge is 2.35. The fraction of sp³-hybridized carbons (Fsp3) is 0.364. The maximum atomic E-state index is 13.1. The van der Waals surface area contributed by atoms with Gasteiger partial charge in [-0.1, -0.05) is 30.0 Å². The molecular weight excluding hydrogens is 513 g/mol. The van der Waals surface area contributed by atoms with Gasteiger partial charge in [0, 0.05) is 25.5 Å². The topological polar surface area (TPSA) is 95.1 Å². The molecule has 3 aromatic rings. The van der Waals surface area contributed by atoms with Crippen molar-refractivity contribution in [3.8, 4) is 0 Å². The minimum Gasteiger partial charge on any atom is -0.365 e. The van der Waals surface area contributed by atoms with Gasteiger partial charge in [0.15, 0.2) is 0 Å². The van der Waals surface area contributed by atoms with E-state index in [-0.39, 0.29) is 16.7 Å². The molecule has 0 spiro atoms. The van der Waals surface area contributed by atoms with Crippen molar-refractivity contribution in [3.05, 3.63) is 47.5 Å². The van der Waals surface area contributed by atoms with Crippen LogP contribution in [0.1, 0.15) is 5.69 Å². The average molecular weight is 537 g/mol. The summed E-state index contributed by atoms with van der Waals surface area (Å²) in [5.74, 6) is 0. The molecule has 0 radical (unpaired) electrons. The van der Waals surface area contributed by atoms with E-state index in [0.29, 0.717) is 36.1 Å². The summed E-state index contributed by atoms with van der Waals surface area (Å²) in [6.07, 6.45) is 0.996. The quantitative estimate of drug-likeness (QED) is 0.356. The Labute approximate surface area is 211 Å². The number of nitrogens with zero attached hydrogens (tertiary/aromatic N) is 3. The Morgan fingerprint density at radius 2 is 2.21 bits per heavy atom. The van der Waals surface area contributed by atoms with Crippen molar-refractivity contribution in [2.45, 2.75) is 20.9 Å². The van der Waals surface area contributed by atoms with Gasteiger partial charge >= 0.3 is 0 Å². The number of ether oxygens (including phenoxy) is 1. The summed E-state index contributed by atoms with van der Waals surface area (Å²) >= 11 is 7.17. The molecule has 2 aliphatic rings.